The third kappa shape index (κ3) is 4.31. The number of carboxylic acid groups (broad SMARTS) is 1. The van der Waals surface area contributed by atoms with E-state index in [2.05, 4.69) is 0 Å². The van der Waals surface area contributed by atoms with Gasteiger partial charge in [-0.2, -0.15) is 0 Å². The maximum absolute atomic E-state index is 10.6. The molecule has 1 rings (SSSR count). The second-order valence-corrected chi connectivity index (χ2v) is 3.29. The summed E-state index contributed by atoms with van der Waals surface area (Å²) in [6, 6.07) is 6.32. The van der Waals surface area contributed by atoms with E-state index in [-0.39, 0.29) is 5.56 Å². The molecule has 1 N–H and O–H groups in total. The zero-order valence-electron chi connectivity index (χ0n) is 9.31. The van der Waals surface area contributed by atoms with Gasteiger partial charge in [-0.05, 0) is 30.7 Å². The Morgan fingerprint density at radius 2 is 1.88 bits per heavy atom. The fraction of sp³-hybridized carbons (Fsp3) is 0.417. The minimum absolute atomic E-state index is 0.259. The van der Waals surface area contributed by atoms with Gasteiger partial charge in [0.15, 0.2) is 0 Å². The summed E-state index contributed by atoms with van der Waals surface area (Å²) >= 11 is 0. The molecule has 0 radical (unpaired) electrons. The third-order valence-corrected chi connectivity index (χ3v) is 1.95. The van der Waals surface area contributed by atoms with Crippen LogP contribution in [-0.2, 0) is 4.74 Å². The molecule has 1 aromatic carbocycles. The van der Waals surface area contributed by atoms with Gasteiger partial charge in [-0.3, -0.25) is 0 Å². The molecule has 0 aliphatic carbocycles. The van der Waals surface area contributed by atoms with E-state index in [1.165, 1.54) is 12.1 Å². The maximum Gasteiger partial charge on any atom is 0.335 e. The van der Waals surface area contributed by atoms with Gasteiger partial charge in [-0.25, -0.2) is 4.79 Å². The average molecular weight is 224 g/mol. The number of benzene rings is 1. The standard InChI is InChI=1S/C12H16O4/c1-2-7-15-8-9-16-11-5-3-10(4-6-11)12(13)14/h3-6H,2,7-9H2,1H3,(H,13,14). The Bertz CT molecular complexity index is 318. The Kier molecular flexibility index (Phi) is 5.36. The predicted molar refractivity (Wildman–Crippen MR) is 60.0 cm³/mol. The molecule has 16 heavy (non-hydrogen) atoms. The van der Waals surface area contributed by atoms with Crippen LogP contribution in [0, 0.1) is 0 Å². The number of hydrogen-bond donors (Lipinski definition) is 1. The second-order valence-electron chi connectivity index (χ2n) is 3.29. The highest BCUT2D eigenvalue weighted by Gasteiger charge is 2.01. The van der Waals surface area contributed by atoms with Gasteiger partial charge < -0.3 is 14.6 Å². The average Bonchev–Trinajstić information content (AvgIpc) is 2.29. The SMILES string of the molecule is CCCOCCOc1ccc(C(=O)O)cc1. The van der Waals surface area contributed by atoms with Crippen molar-refractivity contribution in [3.05, 3.63) is 29.8 Å². The molecule has 0 fully saturated rings. The first-order valence-electron chi connectivity index (χ1n) is 5.28. The van der Waals surface area contributed by atoms with Crippen molar-refractivity contribution in [2.24, 2.45) is 0 Å². The van der Waals surface area contributed by atoms with Crippen LogP contribution in [0.2, 0.25) is 0 Å². The van der Waals surface area contributed by atoms with Crippen molar-refractivity contribution in [3.63, 3.8) is 0 Å². The normalized spacial score (nSPS) is 10.1. The van der Waals surface area contributed by atoms with Crippen LogP contribution >= 0.6 is 0 Å². The zero-order valence-corrected chi connectivity index (χ0v) is 9.31. The zero-order chi connectivity index (χ0) is 11.8. The van der Waals surface area contributed by atoms with Crippen LogP contribution in [-0.4, -0.2) is 30.9 Å². The fourth-order valence-electron chi connectivity index (χ4n) is 1.16. The van der Waals surface area contributed by atoms with Crippen molar-refractivity contribution in [1.29, 1.82) is 0 Å². The maximum atomic E-state index is 10.6. The molecule has 0 unspecified atom stereocenters. The largest absolute Gasteiger partial charge is 0.491 e. The molecule has 0 atom stereocenters. The van der Waals surface area contributed by atoms with Gasteiger partial charge in [0.2, 0.25) is 0 Å². The van der Waals surface area contributed by atoms with Crippen LogP contribution in [0.25, 0.3) is 0 Å². The molecule has 0 aromatic heterocycles. The summed E-state index contributed by atoms with van der Waals surface area (Å²) in [6.07, 6.45) is 0.993. The molecule has 0 bridgehead atoms. The first-order chi connectivity index (χ1) is 7.74. The summed E-state index contributed by atoms with van der Waals surface area (Å²) in [7, 11) is 0. The lowest BCUT2D eigenvalue weighted by molar-refractivity contribution is 0.0696. The minimum atomic E-state index is -0.933. The molecule has 0 saturated heterocycles. The molecule has 4 heteroatoms. The lowest BCUT2D eigenvalue weighted by Gasteiger charge is -2.06. The molecule has 4 nitrogen and oxygen atoms in total. The number of carboxylic acids is 1. The van der Waals surface area contributed by atoms with Crippen molar-refractivity contribution >= 4 is 5.97 Å². The molecular formula is C12H16O4. The summed E-state index contributed by atoms with van der Waals surface area (Å²) in [5, 5.41) is 8.69. The summed E-state index contributed by atoms with van der Waals surface area (Å²) in [6.45, 7) is 3.81. The number of hydrogen-bond acceptors (Lipinski definition) is 3. The highest BCUT2D eigenvalue weighted by atomic mass is 16.5. The van der Waals surface area contributed by atoms with Crippen molar-refractivity contribution in [1.82, 2.24) is 0 Å². The lowest BCUT2D eigenvalue weighted by Crippen LogP contribution is -2.07. The van der Waals surface area contributed by atoms with E-state index in [0.29, 0.717) is 19.0 Å². The first-order valence-corrected chi connectivity index (χ1v) is 5.28. The van der Waals surface area contributed by atoms with E-state index in [1.54, 1.807) is 12.1 Å². The fourth-order valence-corrected chi connectivity index (χ4v) is 1.16. The van der Waals surface area contributed by atoms with Crippen LogP contribution in [0.15, 0.2) is 24.3 Å². The van der Waals surface area contributed by atoms with Gasteiger partial charge in [0, 0.05) is 6.61 Å². The van der Waals surface area contributed by atoms with E-state index < -0.39 is 5.97 Å². The predicted octanol–water partition coefficient (Wildman–Crippen LogP) is 2.19. The Balaban J connectivity index is 2.29. The molecule has 0 amide bonds. The molecule has 0 aliphatic heterocycles. The second kappa shape index (κ2) is 6.85. The van der Waals surface area contributed by atoms with E-state index in [4.69, 9.17) is 14.6 Å². The van der Waals surface area contributed by atoms with E-state index in [0.717, 1.165) is 13.0 Å². The third-order valence-electron chi connectivity index (χ3n) is 1.95. The summed E-state index contributed by atoms with van der Waals surface area (Å²) in [5.41, 5.74) is 0.259. The molecule has 0 spiro atoms. The lowest BCUT2D eigenvalue weighted by atomic mass is 10.2. The van der Waals surface area contributed by atoms with E-state index >= 15 is 0 Å². The van der Waals surface area contributed by atoms with Gasteiger partial charge in [0.1, 0.15) is 12.4 Å². The highest BCUT2D eigenvalue weighted by Crippen LogP contribution is 2.11. The van der Waals surface area contributed by atoms with E-state index in [9.17, 15) is 4.79 Å². The Labute approximate surface area is 94.8 Å². The topological polar surface area (TPSA) is 55.8 Å². The van der Waals surface area contributed by atoms with Crippen molar-refractivity contribution in [2.45, 2.75) is 13.3 Å². The molecule has 0 heterocycles. The van der Waals surface area contributed by atoms with Gasteiger partial charge in [-0.1, -0.05) is 6.92 Å². The molecular weight excluding hydrogens is 208 g/mol. The van der Waals surface area contributed by atoms with Gasteiger partial charge in [0.25, 0.3) is 0 Å². The minimum Gasteiger partial charge on any atom is -0.491 e. The van der Waals surface area contributed by atoms with Crippen LogP contribution in [0.4, 0.5) is 0 Å². The van der Waals surface area contributed by atoms with Crippen molar-refractivity contribution in [2.75, 3.05) is 19.8 Å². The molecule has 1 aromatic rings. The Hall–Kier alpha value is -1.55. The van der Waals surface area contributed by atoms with Crippen molar-refractivity contribution < 1.29 is 19.4 Å². The van der Waals surface area contributed by atoms with Crippen molar-refractivity contribution in [3.8, 4) is 5.75 Å². The summed E-state index contributed by atoms with van der Waals surface area (Å²) in [4.78, 5) is 10.6. The highest BCUT2D eigenvalue weighted by molar-refractivity contribution is 5.87. The van der Waals surface area contributed by atoms with Gasteiger partial charge >= 0.3 is 5.97 Å². The van der Waals surface area contributed by atoms with Crippen LogP contribution in [0.5, 0.6) is 5.75 Å². The molecule has 88 valence electrons. The smallest absolute Gasteiger partial charge is 0.335 e. The quantitative estimate of drug-likeness (QED) is 0.721. The number of rotatable bonds is 7. The van der Waals surface area contributed by atoms with Crippen LogP contribution in [0.1, 0.15) is 23.7 Å². The van der Waals surface area contributed by atoms with E-state index in [1.807, 2.05) is 6.92 Å². The molecule has 0 saturated carbocycles. The number of carbonyl (C=O) groups is 1. The van der Waals surface area contributed by atoms with Gasteiger partial charge in [-0.15, -0.1) is 0 Å². The van der Waals surface area contributed by atoms with Gasteiger partial charge in [0.05, 0.1) is 12.2 Å². The van der Waals surface area contributed by atoms with Crippen LogP contribution < -0.4 is 4.74 Å². The number of aromatic carboxylic acids is 1. The van der Waals surface area contributed by atoms with Crippen LogP contribution in [0.3, 0.4) is 0 Å². The summed E-state index contributed by atoms with van der Waals surface area (Å²) < 4.78 is 10.6. The first kappa shape index (κ1) is 12.5. The summed E-state index contributed by atoms with van der Waals surface area (Å²) in [5.74, 6) is -0.275. The number of ether oxygens (including phenoxy) is 2. The Morgan fingerprint density at radius 3 is 2.44 bits per heavy atom. The monoisotopic (exact) mass is 224 g/mol. The molecule has 0 aliphatic rings. The Morgan fingerprint density at radius 1 is 1.19 bits per heavy atom.